The summed E-state index contributed by atoms with van der Waals surface area (Å²) in [5.41, 5.74) is 1.12. The number of aromatic nitrogens is 2. The summed E-state index contributed by atoms with van der Waals surface area (Å²) in [5.74, 6) is 0. The van der Waals surface area contributed by atoms with Crippen molar-refractivity contribution in [2.75, 3.05) is 20.1 Å². The number of hydrogen-bond acceptors (Lipinski definition) is 3. The maximum Gasteiger partial charge on any atom is 0.0831 e. The molecule has 0 aromatic carbocycles. The van der Waals surface area contributed by atoms with E-state index < -0.39 is 0 Å². The van der Waals surface area contributed by atoms with Gasteiger partial charge in [0, 0.05) is 32.7 Å². The van der Waals surface area contributed by atoms with Crippen molar-refractivity contribution in [3.63, 3.8) is 0 Å². The number of nitrogens with zero attached hydrogens (tertiary/aromatic N) is 3. The van der Waals surface area contributed by atoms with Crippen LogP contribution in [-0.2, 0) is 13.6 Å². The normalized spacial score (nSPS) is 19.2. The molecular weight excluding hydrogens is 224 g/mol. The van der Waals surface area contributed by atoms with E-state index in [9.17, 15) is 0 Å². The van der Waals surface area contributed by atoms with Crippen LogP contribution in [0.4, 0.5) is 0 Å². The molecule has 0 unspecified atom stereocenters. The first kappa shape index (κ1) is 11.9. The number of nitrogens with one attached hydrogen (secondary N) is 1. The molecule has 0 radical (unpaired) electrons. The van der Waals surface area contributed by atoms with Gasteiger partial charge in [0.15, 0.2) is 0 Å². The van der Waals surface area contributed by atoms with Crippen molar-refractivity contribution in [2.45, 2.75) is 25.4 Å². The predicted octanol–water partition coefficient (Wildman–Crippen LogP) is 1.26. The van der Waals surface area contributed by atoms with Crippen molar-refractivity contribution < 1.29 is 0 Å². The molecule has 0 spiro atoms. The van der Waals surface area contributed by atoms with Gasteiger partial charge in [-0.15, -0.1) is 0 Å². The average molecular weight is 243 g/mol. The van der Waals surface area contributed by atoms with Crippen molar-refractivity contribution in [1.29, 1.82) is 0 Å². The van der Waals surface area contributed by atoms with Gasteiger partial charge in [0.1, 0.15) is 0 Å². The Morgan fingerprint density at radius 1 is 1.50 bits per heavy atom. The molecule has 1 fully saturated rings. The molecule has 4 nitrogen and oxygen atoms in total. The van der Waals surface area contributed by atoms with E-state index in [1.807, 2.05) is 18.8 Å². The predicted molar refractivity (Wildman–Crippen MR) is 65.6 cm³/mol. The van der Waals surface area contributed by atoms with Gasteiger partial charge in [-0.1, -0.05) is 11.6 Å². The first-order chi connectivity index (χ1) is 7.70. The molecule has 0 amide bonds. The van der Waals surface area contributed by atoms with E-state index in [2.05, 4.69) is 15.3 Å². The van der Waals surface area contributed by atoms with Gasteiger partial charge in [0.2, 0.25) is 0 Å². The van der Waals surface area contributed by atoms with Crippen LogP contribution >= 0.6 is 11.6 Å². The summed E-state index contributed by atoms with van der Waals surface area (Å²) >= 11 is 6.10. The zero-order chi connectivity index (χ0) is 11.5. The zero-order valence-corrected chi connectivity index (χ0v) is 10.7. The lowest BCUT2D eigenvalue weighted by molar-refractivity contribution is 0.190. The Morgan fingerprint density at radius 2 is 2.19 bits per heavy atom. The van der Waals surface area contributed by atoms with Gasteiger partial charge < -0.3 is 5.32 Å². The van der Waals surface area contributed by atoms with Gasteiger partial charge in [-0.25, -0.2) is 0 Å². The fraction of sp³-hybridized carbons (Fsp3) is 0.727. The van der Waals surface area contributed by atoms with Crippen molar-refractivity contribution in [3.05, 3.63) is 16.9 Å². The highest BCUT2D eigenvalue weighted by atomic mass is 35.5. The summed E-state index contributed by atoms with van der Waals surface area (Å²) in [7, 11) is 3.99. The second-order valence-electron chi connectivity index (χ2n) is 4.40. The minimum atomic E-state index is 0.679. The largest absolute Gasteiger partial charge is 0.317 e. The maximum absolute atomic E-state index is 6.10. The Balaban J connectivity index is 1.92. The molecule has 1 N–H and O–H groups in total. The molecule has 1 saturated heterocycles. The first-order valence-corrected chi connectivity index (χ1v) is 6.14. The monoisotopic (exact) mass is 242 g/mol. The molecule has 2 rings (SSSR count). The van der Waals surface area contributed by atoms with Crippen LogP contribution in [0.25, 0.3) is 0 Å². The fourth-order valence-corrected chi connectivity index (χ4v) is 2.43. The molecule has 90 valence electrons. The van der Waals surface area contributed by atoms with Crippen molar-refractivity contribution >= 4 is 11.6 Å². The molecule has 16 heavy (non-hydrogen) atoms. The lowest BCUT2D eigenvalue weighted by Gasteiger charge is -2.31. The number of piperidine rings is 1. The lowest BCUT2D eigenvalue weighted by Crippen LogP contribution is -2.41. The SMILES string of the molecule is CNC1CCN(Cc2c(Cl)cnn2C)CC1. The lowest BCUT2D eigenvalue weighted by atomic mass is 10.1. The fourth-order valence-electron chi connectivity index (χ4n) is 2.21. The van der Waals surface area contributed by atoms with Crippen LogP contribution in [-0.4, -0.2) is 40.9 Å². The standard InChI is InChI=1S/C11H19ClN4/c1-13-9-3-5-16(6-4-9)8-11-10(12)7-14-15(11)2/h7,9,13H,3-6,8H2,1-2H3. The summed E-state index contributed by atoms with van der Waals surface area (Å²) in [6, 6.07) is 0.679. The second-order valence-corrected chi connectivity index (χ2v) is 4.81. The molecule has 0 saturated carbocycles. The van der Waals surface area contributed by atoms with Crippen LogP contribution in [0, 0.1) is 0 Å². The van der Waals surface area contributed by atoms with Gasteiger partial charge in [0.05, 0.1) is 16.9 Å². The Labute approximate surface area is 102 Å². The van der Waals surface area contributed by atoms with Crippen LogP contribution in [0.15, 0.2) is 6.20 Å². The molecule has 2 heterocycles. The number of likely N-dealkylation sites (tertiary alicyclic amines) is 1. The van der Waals surface area contributed by atoms with Gasteiger partial charge in [-0.3, -0.25) is 9.58 Å². The van der Waals surface area contributed by atoms with Crippen LogP contribution in [0.3, 0.4) is 0 Å². The van der Waals surface area contributed by atoms with Gasteiger partial charge in [-0.05, 0) is 19.9 Å². The summed E-state index contributed by atoms with van der Waals surface area (Å²) in [5, 5.41) is 8.27. The molecule has 0 bridgehead atoms. The molecular formula is C11H19ClN4. The van der Waals surface area contributed by atoms with Crippen LogP contribution in [0.5, 0.6) is 0 Å². The molecule has 1 aliphatic heterocycles. The first-order valence-electron chi connectivity index (χ1n) is 5.76. The van der Waals surface area contributed by atoms with Crippen LogP contribution < -0.4 is 5.32 Å². The van der Waals surface area contributed by atoms with E-state index >= 15 is 0 Å². The van der Waals surface area contributed by atoms with Crippen LogP contribution in [0.2, 0.25) is 5.02 Å². The van der Waals surface area contributed by atoms with E-state index in [1.165, 1.54) is 12.8 Å². The Morgan fingerprint density at radius 3 is 2.69 bits per heavy atom. The van der Waals surface area contributed by atoms with Crippen LogP contribution in [0.1, 0.15) is 18.5 Å². The van der Waals surface area contributed by atoms with E-state index in [4.69, 9.17) is 11.6 Å². The summed E-state index contributed by atoms with van der Waals surface area (Å²) in [6.07, 6.45) is 4.15. The second kappa shape index (κ2) is 5.17. The molecule has 1 aliphatic rings. The number of rotatable bonds is 3. The van der Waals surface area contributed by atoms with E-state index in [1.54, 1.807) is 6.20 Å². The minimum Gasteiger partial charge on any atom is -0.317 e. The van der Waals surface area contributed by atoms with E-state index in [-0.39, 0.29) is 0 Å². The maximum atomic E-state index is 6.10. The third-order valence-corrected chi connectivity index (χ3v) is 3.70. The van der Waals surface area contributed by atoms with Crippen molar-refractivity contribution in [3.8, 4) is 0 Å². The Kier molecular flexibility index (Phi) is 3.84. The third-order valence-electron chi connectivity index (χ3n) is 3.38. The number of hydrogen-bond donors (Lipinski definition) is 1. The third kappa shape index (κ3) is 2.56. The van der Waals surface area contributed by atoms with Crippen molar-refractivity contribution in [2.24, 2.45) is 7.05 Å². The van der Waals surface area contributed by atoms with E-state index in [0.717, 1.165) is 30.4 Å². The number of halogens is 1. The smallest absolute Gasteiger partial charge is 0.0831 e. The van der Waals surface area contributed by atoms with Gasteiger partial charge in [0.25, 0.3) is 0 Å². The quantitative estimate of drug-likeness (QED) is 0.867. The van der Waals surface area contributed by atoms with Gasteiger partial charge >= 0.3 is 0 Å². The highest BCUT2D eigenvalue weighted by Crippen LogP contribution is 2.19. The summed E-state index contributed by atoms with van der Waals surface area (Å²) in [6.45, 7) is 3.17. The summed E-state index contributed by atoms with van der Waals surface area (Å²) in [4.78, 5) is 2.44. The molecule has 1 aromatic heterocycles. The summed E-state index contributed by atoms with van der Waals surface area (Å²) < 4.78 is 1.87. The highest BCUT2D eigenvalue weighted by molar-refractivity contribution is 6.31. The Hall–Kier alpha value is -0.580. The Bertz CT molecular complexity index is 322. The average Bonchev–Trinajstić information content (AvgIpc) is 2.62. The molecule has 0 aliphatic carbocycles. The topological polar surface area (TPSA) is 33.1 Å². The molecule has 0 atom stereocenters. The highest BCUT2D eigenvalue weighted by Gasteiger charge is 2.19. The minimum absolute atomic E-state index is 0.679. The zero-order valence-electron chi connectivity index (χ0n) is 9.91. The van der Waals surface area contributed by atoms with E-state index in [0.29, 0.717) is 6.04 Å². The van der Waals surface area contributed by atoms with Crippen molar-refractivity contribution in [1.82, 2.24) is 20.0 Å². The van der Waals surface area contributed by atoms with Gasteiger partial charge in [-0.2, -0.15) is 5.10 Å². The molecule has 5 heteroatoms. The number of aryl methyl sites for hydroxylation is 1. The molecule has 1 aromatic rings.